The smallest absolute Gasteiger partial charge is 0.291 e. The number of thiophene rings is 1. The van der Waals surface area contributed by atoms with E-state index in [1.807, 2.05) is 66.1 Å². The van der Waals surface area contributed by atoms with Gasteiger partial charge in [-0.3, -0.25) is 14.0 Å². The molecule has 3 aromatic heterocycles. The standard InChI is InChI=1S/C20H20N4O2S/c1-3-15(19(25)21-12-14-7-5-4-6-8-14)24-20(26)17-11-18-16(9-10-27-18)23(17)13(2)22-24/h4-11,15H,3,12H2,1-2H3,(H,21,25). The molecule has 4 rings (SSSR count). The van der Waals surface area contributed by atoms with E-state index in [0.717, 1.165) is 15.8 Å². The van der Waals surface area contributed by atoms with Crippen LogP contribution >= 0.6 is 11.3 Å². The second-order valence-electron chi connectivity index (χ2n) is 6.46. The second kappa shape index (κ2) is 7.00. The van der Waals surface area contributed by atoms with Gasteiger partial charge in [0.25, 0.3) is 5.56 Å². The summed E-state index contributed by atoms with van der Waals surface area (Å²) in [5, 5.41) is 9.38. The van der Waals surface area contributed by atoms with Gasteiger partial charge < -0.3 is 5.32 Å². The van der Waals surface area contributed by atoms with Gasteiger partial charge in [-0.05, 0) is 36.4 Å². The Kier molecular flexibility index (Phi) is 4.53. The van der Waals surface area contributed by atoms with E-state index in [0.29, 0.717) is 24.3 Å². The lowest BCUT2D eigenvalue weighted by molar-refractivity contribution is -0.125. The zero-order valence-corrected chi connectivity index (χ0v) is 16.0. The van der Waals surface area contributed by atoms with Crippen LogP contribution in [0.3, 0.4) is 0 Å². The van der Waals surface area contributed by atoms with Gasteiger partial charge in [0.1, 0.15) is 17.4 Å². The van der Waals surface area contributed by atoms with E-state index in [4.69, 9.17) is 0 Å². The van der Waals surface area contributed by atoms with Crippen LogP contribution in [0.2, 0.25) is 0 Å². The minimum absolute atomic E-state index is 0.201. The quantitative estimate of drug-likeness (QED) is 0.578. The third kappa shape index (κ3) is 3.04. The molecule has 138 valence electrons. The number of amides is 1. The first-order valence-corrected chi connectivity index (χ1v) is 9.78. The van der Waals surface area contributed by atoms with Crippen molar-refractivity contribution in [2.75, 3.05) is 0 Å². The van der Waals surface area contributed by atoms with Crippen molar-refractivity contribution in [3.8, 4) is 0 Å². The molecule has 0 aliphatic heterocycles. The van der Waals surface area contributed by atoms with Crippen molar-refractivity contribution in [1.29, 1.82) is 0 Å². The molecule has 3 heterocycles. The number of aromatic nitrogens is 3. The molecular formula is C20H20N4O2S. The molecular weight excluding hydrogens is 360 g/mol. The summed E-state index contributed by atoms with van der Waals surface area (Å²) in [5.74, 6) is 0.486. The van der Waals surface area contributed by atoms with Crippen molar-refractivity contribution in [1.82, 2.24) is 19.5 Å². The van der Waals surface area contributed by atoms with E-state index >= 15 is 0 Å². The average molecular weight is 380 g/mol. The average Bonchev–Trinajstić information content (AvgIpc) is 3.26. The predicted molar refractivity (Wildman–Crippen MR) is 107 cm³/mol. The highest BCUT2D eigenvalue weighted by Crippen LogP contribution is 2.24. The van der Waals surface area contributed by atoms with Gasteiger partial charge in [-0.25, -0.2) is 4.68 Å². The molecule has 1 aromatic carbocycles. The molecule has 1 atom stereocenters. The Bertz CT molecular complexity index is 1170. The molecule has 0 aliphatic carbocycles. The first-order valence-electron chi connectivity index (χ1n) is 8.90. The summed E-state index contributed by atoms with van der Waals surface area (Å²) in [7, 11) is 0. The molecule has 0 fully saturated rings. The van der Waals surface area contributed by atoms with E-state index in [9.17, 15) is 9.59 Å². The van der Waals surface area contributed by atoms with Crippen LogP contribution in [-0.4, -0.2) is 20.1 Å². The van der Waals surface area contributed by atoms with Gasteiger partial charge in [0.2, 0.25) is 5.91 Å². The molecule has 0 saturated heterocycles. The first-order chi connectivity index (χ1) is 13.1. The summed E-state index contributed by atoms with van der Waals surface area (Å²) in [6, 6.07) is 12.9. The number of carbonyl (C=O) groups excluding carboxylic acids is 1. The van der Waals surface area contributed by atoms with Gasteiger partial charge in [0.05, 0.1) is 10.2 Å². The van der Waals surface area contributed by atoms with Crippen molar-refractivity contribution >= 4 is 33.0 Å². The highest BCUT2D eigenvalue weighted by molar-refractivity contribution is 7.17. The largest absolute Gasteiger partial charge is 0.350 e. The van der Waals surface area contributed by atoms with E-state index in [2.05, 4.69) is 10.4 Å². The van der Waals surface area contributed by atoms with Crippen molar-refractivity contribution in [2.45, 2.75) is 32.9 Å². The lowest BCUT2D eigenvalue weighted by Gasteiger charge is -2.18. The summed E-state index contributed by atoms with van der Waals surface area (Å²) in [4.78, 5) is 25.8. The molecule has 27 heavy (non-hydrogen) atoms. The minimum Gasteiger partial charge on any atom is -0.350 e. The lowest BCUT2D eigenvalue weighted by atomic mass is 10.2. The van der Waals surface area contributed by atoms with Crippen LogP contribution in [0.4, 0.5) is 0 Å². The third-order valence-electron chi connectivity index (χ3n) is 4.72. The molecule has 6 nitrogen and oxygen atoms in total. The van der Waals surface area contributed by atoms with E-state index in [1.165, 1.54) is 4.68 Å². The van der Waals surface area contributed by atoms with Crippen molar-refractivity contribution in [3.63, 3.8) is 0 Å². The first kappa shape index (κ1) is 17.5. The Labute approximate surface area is 160 Å². The summed E-state index contributed by atoms with van der Waals surface area (Å²) in [6.45, 7) is 4.17. The molecule has 0 saturated carbocycles. The van der Waals surface area contributed by atoms with Crippen LogP contribution in [0.5, 0.6) is 0 Å². The second-order valence-corrected chi connectivity index (χ2v) is 7.41. The number of aryl methyl sites for hydroxylation is 1. The van der Waals surface area contributed by atoms with Gasteiger partial charge in [-0.2, -0.15) is 5.10 Å². The van der Waals surface area contributed by atoms with Crippen LogP contribution in [0.1, 0.15) is 30.8 Å². The fourth-order valence-electron chi connectivity index (χ4n) is 3.38. The number of carbonyl (C=O) groups is 1. The van der Waals surface area contributed by atoms with Gasteiger partial charge in [0.15, 0.2) is 0 Å². The maximum Gasteiger partial charge on any atom is 0.291 e. The van der Waals surface area contributed by atoms with Crippen LogP contribution in [0.25, 0.3) is 15.7 Å². The Morgan fingerprint density at radius 1 is 1.22 bits per heavy atom. The van der Waals surface area contributed by atoms with Gasteiger partial charge >= 0.3 is 0 Å². The molecule has 4 aromatic rings. The number of benzene rings is 1. The summed E-state index contributed by atoms with van der Waals surface area (Å²) < 4.78 is 4.23. The SMILES string of the molecule is CCC(C(=O)NCc1ccccc1)n1nc(C)n2c(cc3sccc32)c1=O. The highest BCUT2D eigenvalue weighted by atomic mass is 32.1. The van der Waals surface area contributed by atoms with Crippen molar-refractivity contribution in [2.24, 2.45) is 0 Å². The van der Waals surface area contributed by atoms with Crippen LogP contribution in [-0.2, 0) is 11.3 Å². The summed E-state index contributed by atoms with van der Waals surface area (Å²) in [6.07, 6.45) is 0.484. The molecule has 0 aliphatic rings. The van der Waals surface area contributed by atoms with Crippen LogP contribution < -0.4 is 10.9 Å². The Morgan fingerprint density at radius 3 is 2.74 bits per heavy atom. The maximum absolute atomic E-state index is 13.0. The molecule has 0 radical (unpaired) electrons. The minimum atomic E-state index is -0.641. The molecule has 1 amide bonds. The number of nitrogens with one attached hydrogen (secondary N) is 1. The number of hydrogen-bond donors (Lipinski definition) is 1. The van der Waals surface area contributed by atoms with Gasteiger partial charge in [0, 0.05) is 6.54 Å². The normalized spacial score (nSPS) is 12.5. The molecule has 0 bridgehead atoms. The highest BCUT2D eigenvalue weighted by Gasteiger charge is 2.23. The van der Waals surface area contributed by atoms with Crippen LogP contribution in [0.15, 0.2) is 52.6 Å². The molecule has 0 spiro atoms. The fraction of sp³-hybridized carbons (Fsp3) is 0.250. The van der Waals surface area contributed by atoms with Crippen molar-refractivity contribution < 1.29 is 4.79 Å². The predicted octanol–water partition coefficient (Wildman–Crippen LogP) is 3.29. The molecule has 1 N–H and O–H groups in total. The topological polar surface area (TPSA) is 68.4 Å². The Hall–Kier alpha value is -2.93. The summed E-state index contributed by atoms with van der Waals surface area (Å²) >= 11 is 1.59. The maximum atomic E-state index is 13.0. The third-order valence-corrected chi connectivity index (χ3v) is 5.57. The van der Waals surface area contributed by atoms with E-state index < -0.39 is 6.04 Å². The number of fused-ring (bicyclic) bond motifs is 3. The zero-order chi connectivity index (χ0) is 19.0. The van der Waals surface area contributed by atoms with E-state index in [1.54, 1.807) is 11.3 Å². The monoisotopic (exact) mass is 380 g/mol. The molecule has 1 unspecified atom stereocenters. The Morgan fingerprint density at radius 2 is 2.00 bits per heavy atom. The molecule has 7 heteroatoms. The summed E-state index contributed by atoms with van der Waals surface area (Å²) in [5.41, 5.74) is 2.30. The number of rotatable bonds is 5. The fourth-order valence-corrected chi connectivity index (χ4v) is 4.18. The van der Waals surface area contributed by atoms with Crippen molar-refractivity contribution in [3.05, 3.63) is 69.6 Å². The number of nitrogens with zero attached hydrogens (tertiary/aromatic N) is 3. The lowest BCUT2D eigenvalue weighted by Crippen LogP contribution is -2.39. The number of hydrogen-bond acceptors (Lipinski definition) is 4. The van der Waals surface area contributed by atoms with Crippen LogP contribution in [0, 0.1) is 6.92 Å². The van der Waals surface area contributed by atoms with E-state index in [-0.39, 0.29) is 11.5 Å². The Balaban J connectivity index is 1.69. The van der Waals surface area contributed by atoms with Gasteiger partial charge in [-0.15, -0.1) is 11.3 Å². The van der Waals surface area contributed by atoms with Gasteiger partial charge in [-0.1, -0.05) is 37.3 Å². The zero-order valence-electron chi connectivity index (χ0n) is 15.2.